The van der Waals surface area contributed by atoms with Crippen LogP contribution in [0.2, 0.25) is 0 Å². The SMILES string of the molecule is CCCCn1ccnc1CN.Cl.Cl. The normalized spacial score (nSPS) is 8.77. The van der Waals surface area contributed by atoms with Gasteiger partial charge in [0.2, 0.25) is 0 Å². The molecule has 0 aromatic carbocycles. The molecule has 1 aromatic rings. The first kappa shape index (κ1) is 15.2. The molecule has 0 amide bonds. The number of nitrogens with two attached hydrogens (primary N) is 1. The zero-order valence-corrected chi connectivity index (χ0v) is 9.40. The van der Waals surface area contributed by atoms with Crippen molar-refractivity contribution in [2.75, 3.05) is 0 Å². The largest absolute Gasteiger partial charge is 0.334 e. The zero-order valence-electron chi connectivity index (χ0n) is 7.77. The Hall–Kier alpha value is -0.250. The molecule has 0 saturated heterocycles. The molecule has 1 heterocycles. The summed E-state index contributed by atoms with van der Waals surface area (Å²) in [6.45, 7) is 3.76. The number of imidazole rings is 1. The highest BCUT2D eigenvalue weighted by atomic mass is 35.5. The Bertz CT molecular complexity index is 213. The van der Waals surface area contributed by atoms with E-state index in [9.17, 15) is 0 Å². The van der Waals surface area contributed by atoms with Gasteiger partial charge in [-0.15, -0.1) is 24.8 Å². The predicted octanol–water partition coefficient (Wildman–Crippen LogP) is 1.99. The number of hydrogen-bond donors (Lipinski definition) is 1. The summed E-state index contributed by atoms with van der Waals surface area (Å²) in [6.07, 6.45) is 6.20. The van der Waals surface area contributed by atoms with Crippen LogP contribution in [0, 0.1) is 0 Å². The van der Waals surface area contributed by atoms with Gasteiger partial charge in [0, 0.05) is 18.9 Å². The van der Waals surface area contributed by atoms with Crippen molar-refractivity contribution in [1.82, 2.24) is 9.55 Å². The van der Waals surface area contributed by atoms with Crippen LogP contribution < -0.4 is 5.73 Å². The van der Waals surface area contributed by atoms with E-state index in [0.717, 1.165) is 12.4 Å². The maximum absolute atomic E-state index is 5.48. The van der Waals surface area contributed by atoms with Gasteiger partial charge in [0.15, 0.2) is 0 Å². The van der Waals surface area contributed by atoms with Crippen molar-refractivity contribution in [3.8, 4) is 0 Å². The quantitative estimate of drug-likeness (QED) is 0.853. The summed E-state index contributed by atoms with van der Waals surface area (Å²) in [5.41, 5.74) is 5.48. The second-order valence-corrected chi connectivity index (χ2v) is 2.59. The third-order valence-corrected chi connectivity index (χ3v) is 1.74. The van der Waals surface area contributed by atoms with Gasteiger partial charge in [-0.05, 0) is 6.42 Å². The summed E-state index contributed by atoms with van der Waals surface area (Å²) >= 11 is 0. The summed E-state index contributed by atoms with van der Waals surface area (Å²) in [7, 11) is 0. The molecular weight excluding hydrogens is 209 g/mol. The molecule has 0 aliphatic rings. The molecule has 3 nitrogen and oxygen atoms in total. The molecule has 0 radical (unpaired) electrons. The number of unbranched alkanes of at least 4 members (excludes halogenated alkanes) is 1. The lowest BCUT2D eigenvalue weighted by Gasteiger charge is -2.03. The molecule has 5 heteroatoms. The van der Waals surface area contributed by atoms with E-state index in [-0.39, 0.29) is 24.8 Å². The molecule has 0 saturated carbocycles. The molecular formula is C8H17Cl2N3. The van der Waals surface area contributed by atoms with E-state index in [0.29, 0.717) is 6.54 Å². The van der Waals surface area contributed by atoms with Gasteiger partial charge in [-0.3, -0.25) is 0 Å². The fourth-order valence-electron chi connectivity index (χ4n) is 1.06. The van der Waals surface area contributed by atoms with Crippen LogP contribution in [0.5, 0.6) is 0 Å². The molecule has 0 spiro atoms. The molecule has 0 aliphatic carbocycles. The van der Waals surface area contributed by atoms with Gasteiger partial charge in [0.1, 0.15) is 5.82 Å². The molecule has 1 rings (SSSR count). The highest BCUT2D eigenvalue weighted by Crippen LogP contribution is 1.99. The predicted molar refractivity (Wildman–Crippen MR) is 59.5 cm³/mol. The van der Waals surface area contributed by atoms with Gasteiger partial charge in [0.25, 0.3) is 0 Å². The minimum atomic E-state index is 0. The zero-order chi connectivity index (χ0) is 8.10. The topological polar surface area (TPSA) is 43.8 Å². The maximum Gasteiger partial charge on any atom is 0.122 e. The Labute approximate surface area is 91.5 Å². The van der Waals surface area contributed by atoms with Crippen LogP contribution in [-0.2, 0) is 13.1 Å². The first-order valence-corrected chi connectivity index (χ1v) is 4.08. The molecule has 0 aliphatic heterocycles. The van der Waals surface area contributed by atoms with Crippen LogP contribution in [0.25, 0.3) is 0 Å². The van der Waals surface area contributed by atoms with Crippen LogP contribution in [0.4, 0.5) is 0 Å². The fraction of sp³-hybridized carbons (Fsp3) is 0.625. The highest BCUT2D eigenvalue weighted by molar-refractivity contribution is 5.85. The monoisotopic (exact) mass is 225 g/mol. The maximum atomic E-state index is 5.48. The Kier molecular flexibility index (Phi) is 9.79. The smallest absolute Gasteiger partial charge is 0.122 e. The number of hydrogen-bond acceptors (Lipinski definition) is 2. The lowest BCUT2D eigenvalue weighted by Crippen LogP contribution is -2.07. The summed E-state index contributed by atoms with van der Waals surface area (Å²) in [5.74, 6) is 0.985. The van der Waals surface area contributed by atoms with E-state index < -0.39 is 0 Å². The van der Waals surface area contributed by atoms with Gasteiger partial charge < -0.3 is 10.3 Å². The number of nitrogens with zero attached hydrogens (tertiary/aromatic N) is 2. The number of aryl methyl sites for hydroxylation is 1. The third kappa shape index (κ3) is 4.50. The molecule has 1 aromatic heterocycles. The molecule has 13 heavy (non-hydrogen) atoms. The number of rotatable bonds is 4. The third-order valence-electron chi connectivity index (χ3n) is 1.74. The minimum absolute atomic E-state index is 0. The molecule has 0 fully saturated rings. The van der Waals surface area contributed by atoms with Gasteiger partial charge in [-0.1, -0.05) is 13.3 Å². The van der Waals surface area contributed by atoms with Crippen LogP contribution in [0.15, 0.2) is 12.4 Å². The van der Waals surface area contributed by atoms with Crippen LogP contribution in [0.3, 0.4) is 0 Å². The summed E-state index contributed by atoms with van der Waals surface area (Å²) in [6, 6.07) is 0. The van der Waals surface area contributed by atoms with Gasteiger partial charge in [0.05, 0.1) is 6.54 Å². The van der Waals surface area contributed by atoms with Crippen molar-refractivity contribution in [2.24, 2.45) is 5.73 Å². The first-order chi connectivity index (χ1) is 5.38. The van der Waals surface area contributed by atoms with E-state index >= 15 is 0 Å². The summed E-state index contributed by atoms with van der Waals surface area (Å²) in [4.78, 5) is 4.13. The van der Waals surface area contributed by atoms with Crippen molar-refractivity contribution < 1.29 is 0 Å². The van der Waals surface area contributed by atoms with E-state index in [2.05, 4.69) is 16.5 Å². The molecule has 0 bridgehead atoms. The molecule has 0 unspecified atom stereocenters. The van der Waals surface area contributed by atoms with E-state index in [1.54, 1.807) is 6.20 Å². The Morgan fingerprint density at radius 1 is 1.46 bits per heavy atom. The van der Waals surface area contributed by atoms with E-state index in [1.165, 1.54) is 12.8 Å². The van der Waals surface area contributed by atoms with Crippen molar-refractivity contribution >= 4 is 24.8 Å². The van der Waals surface area contributed by atoms with E-state index in [1.807, 2.05) is 6.20 Å². The van der Waals surface area contributed by atoms with Gasteiger partial charge in [-0.2, -0.15) is 0 Å². The fourth-order valence-corrected chi connectivity index (χ4v) is 1.06. The Morgan fingerprint density at radius 3 is 2.69 bits per heavy atom. The van der Waals surface area contributed by atoms with Crippen LogP contribution >= 0.6 is 24.8 Å². The number of halogens is 2. The number of aromatic nitrogens is 2. The van der Waals surface area contributed by atoms with Gasteiger partial charge >= 0.3 is 0 Å². The van der Waals surface area contributed by atoms with Crippen molar-refractivity contribution in [2.45, 2.75) is 32.9 Å². The van der Waals surface area contributed by atoms with Crippen LogP contribution in [0.1, 0.15) is 25.6 Å². The van der Waals surface area contributed by atoms with Crippen molar-refractivity contribution in [3.63, 3.8) is 0 Å². The second kappa shape index (κ2) is 8.35. The molecule has 0 atom stereocenters. The average molecular weight is 226 g/mol. The minimum Gasteiger partial charge on any atom is -0.334 e. The standard InChI is InChI=1S/C8H15N3.2ClH/c1-2-3-5-11-6-4-10-8(11)7-9;;/h4,6H,2-3,5,7,9H2,1H3;2*1H. The van der Waals surface area contributed by atoms with Crippen molar-refractivity contribution in [3.05, 3.63) is 18.2 Å². The lowest BCUT2D eigenvalue weighted by atomic mass is 10.3. The second-order valence-electron chi connectivity index (χ2n) is 2.59. The van der Waals surface area contributed by atoms with Gasteiger partial charge in [-0.25, -0.2) is 4.98 Å². The lowest BCUT2D eigenvalue weighted by molar-refractivity contribution is 0.603. The van der Waals surface area contributed by atoms with Crippen LogP contribution in [-0.4, -0.2) is 9.55 Å². The average Bonchev–Trinajstić information content (AvgIpc) is 2.47. The van der Waals surface area contributed by atoms with E-state index in [4.69, 9.17) is 5.73 Å². The van der Waals surface area contributed by atoms with Crippen molar-refractivity contribution in [1.29, 1.82) is 0 Å². The molecule has 78 valence electrons. The summed E-state index contributed by atoms with van der Waals surface area (Å²) in [5, 5.41) is 0. The first-order valence-electron chi connectivity index (χ1n) is 4.08. The summed E-state index contributed by atoms with van der Waals surface area (Å²) < 4.78 is 2.11. The highest BCUT2D eigenvalue weighted by Gasteiger charge is 1.97. The Balaban J connectivity index is 0. The molecule has 2 N–H and O–H groups in total. The Morgan fingerprint density at radius 2 is 2.15 bits per heavy atom.